The number of ether oxygens (including phenoxy) is 1. The number of nitrogens with zero attached hydrogens (tertiary/aromatic N) is 4. The zero-order valence-corrected chi connectivity index (χ0v) is 19.4. The van der Waals surface area contributed by atoms with Crippen molar-refractivity contribution in [1.29, 1.82) is 0 Å². The Morgan fingerprint density at radius 1 is 1.24 bits per heavy atom. The van der Waals surface area contributed by atoms with Gasteiger partial charge in [0.25, 0.3) is 0 Å². The van der Waals surface area contributed by atoms with Crippen LogP contribution >= 0.6 is 0 Å². The molecule has 11 heteroatoms. The van der Waals surface area contributed by atoms with Crippen molar-refractivity contribution in [2.75, 3.05) is 30.8 Å². The topological polar surface area (TPSA) is 113 Å². The van der Waals surface area contributed by atoms with Crippen LogP contribution in [0.25, 0.3) is 0 Å². The van der Waals surface area contributed by atoms with Crippen LogP contribution in [0.15, 0.2) is 29.4 Å². The van der Waals surface area contributed by atoms with Gasteiger partial charge in [-0.1, -0.05) is 0 Å². The molecule has 9 nitrogen and oxygen atoms in total. The van der Waals surface area contributed by atoms with E-state index in [1.165, 1.54) is 23.4 Å². The van der Waals surface area contributed by atoms with E-state index >= 15 is 0 Å². The summed E-state index contributed by atoms with van der Waals surface area (Å²) in [5, 5.41) is 9.17. The predicted molar refractivity (Wildman–Crippen MR) is 119 cm³/mol. The van der Waals surface area contributed by atoms with Crippen molar-refractivity contribution in [3.63, 3.8) is 0 Å². The number of piperidine rings is 1. The summed E-state index contributed by atoms with van der Waals surface area (Å²) in [5.41, 5.74) is 0.666. The third-order valence-electron chi connectivity index (χ3n) is 6.15. The fourth-order valence-electron chi connectivity index (χ4n) is 4.10. The lowest BCUT2D eigenvalue weighted by Crippen LogP contribution is -2.42. The molecule has 2 fully saturated rings. The zero-order chi connectivity index (χ0) is 23.8. The zero-order valence-electron chi connectivity index (χ0n) is 18.6. The van der Waals surface area contributed by atoms with E-state index in [2.05, 4.69) is 14.9 Å². The lowest BCUT2D eigenvalue weighted by atomic mass is 9.96. The third kappa shape index (κ3) is 5.35. The van der Waals surface area contributed by atoms with Crippen molar-refractivity contribution >= 4 is 21.7 Å². The monoisotopic (exact) mass is 478 g/mol. The Kier molecular flexibility index (Phi) is 6.42. The summed E-state index contributed by atoms with van der Waals surface area (Å²) in [7, 11) is -3.53. The van der Waals surface area contributed by atoms with Gasteiger partial charge in [-0.15, -0.1) is 0 Å². The Bertz CT molecular complexity index is 1150. The highest BCUT2D eigenvalue weighted by atomic mass is 32.2. The van der Waals surface area contributed by atoms with Crippen molar-refractivity contribution in [1.82, 2.24) is 14.9 Å². The number of anilines is 1. The molecule has 33 heavy (non-hydrogen) atoms. The fraction of sp³-hybridized carbons (Fsp3) is 0.500. The van der Waals surface area contributed by atoms with Crippen molar-refractivity contribution in [2.45, 2.75) is 43.5 Å². The maximum Gasteiger partial charge on any atom is 0.407 e. The molecule has 2 aromatic rings. The molecule has 178 valence electrons. The van der Waals surface area contributed by atoms with E-state index < -0.39 is 21.7 Å². The number of likely N-dealkylation sites (tertiary alicyclic amines) is 1. The summed E-state index contributed by atoms with van der Waals surface area (Å²) in [6.07, 6.45) is 5.20. The van der Waals surface area contributed by atoms with Crippen LogP contribution in [-0.4, -0.2) is 66.4 Å². The maximum absolute atomic E-state index is 14.5. The van der Waals surface area contributed by atoms with Gasteiger partial charge in [-0.25, -0.2) is 27.6 Å². The van der Waals surface area contributed by atoms with Crippen molar-refractivity contribution in [2.24, 2.45) is 5.92 Å². The number of sulfone groups is 1. The van der Waals surface area contributed by atoms with Crippen LogP contribution in [0.1, 0.15) is 31.2 Å². The minimum absolute atomic E-state index is 0.117. The van der Waals surface area contributed by atoms with E-state index in [1.807, 2.05) is 6.92 Å². The van der Waals surface area contributed by atoms with Crippen LogP contribution in [0.4, 0.5) is 15.0 Å². The Morgan fingerprint density at radius 2 is 1.94 bits per heavy atom. The summed E-state index contributed by atoms with van der Waals surface area (Å²) in [6, 6.07) is 3.87. The van der Waals surface area contributed by atoms with E-state index in [-0.39, 0.29) is 16.5 Å². The lowest BCUT2D eigenvalue weighted by molar-refractivity contribution is 0.125. The summed E-state index contributed by atoms with van der Waals surface area (Å²) in [5.74, 6) is 0.366. The van der Waals surface area contributed by atoms with Crippen LogP contribution in [0.2, 0.25) is 0 Å². The summed E-state index contributed by atoms with van der Waals surface area (Å²) in [4.78, 5) is 23.4. The van der Waals surface area contributed by atoms with Gasteiger partial charge in [0.2, 0.25) is 5.88 Å². The number of hydrogen-bond donors (Lipinski definition) is 1. The standard InChI is InChI=1S/C22H27FN4O5S/c1-14-20(27(16-3-4-16)12-15-7-9-26(10-8-15)22(28)29)24-13-25-21(14)32-19-6-5-17(11-18(19)23)33(2,30)31/h5-6,11,13,15-16H,3-4,7-10,12H2,1-2H3,(H,28,29). The highest BCUT2D eigenvalue weighted by Gasteiger charge is 2.34. The van der Waals surface area contributed by atoms with Crippen LogP contribution in [0, 0.1) is 18.7 Å². The maximum atomic E-state index is 14.5. The summed E-state index contributed by atoms with van der Waals surface area (Å²) < 4.78 is 43.5. The van der Waals surface area contributed by atoms with Gasteiger partial charge in [0, 0.05) is 31.9 Å². The first-order chi connectivity index (χ1) is 15.6. The quantitative estimate of drug-likeness (QED) is 0.644. The minimum atomic E-state index is -3.53. The minimum Gasteiger partial charge on any atom is -0.465 e. The van der Waals surface area contributed by atoms with Gasteiger partial charge in [-0.05, 0) is 56.7 Å². The first kappa shape index (κ1) is 23.2. The number of hydrogen-bond acceptors (Lipinski definition) is 7. The molecule has 1 saturated heterocycles. The Labute approximate surface area is 192 Å². The van der Waals surface area contributed by atoms with Crippen LogP contribution in [0.3, 0.4) is 0 Å². The fourth-order valence-corrected chi connectivity index (χ4v) is 4.73. The van der Waals surface area contributed by atoms with Crippen LogP contribution < -0.4 is 9.64 Å². The molecule has 0 bridgehead atoms. The summed E-state index contributed by atoms with van der Waals surface area (Å²) in [6.45, 7) is 3.62. The lowest BCUT2D eigenvalue weighted by Gasteiger charge is -2.34. The molecule has 1 N–H and O–H groups in total. The smallest absolute Gasteiger partial charge is 0.407 e. The number of benzene rings is 1. The van der Waals surface area contributed by atoms with Gasteiger partial charge in [-0.2, -0.15) is 0 Å². The molecule has 2 aliphatic rings. The molecule has 1 aliphatic heterocycles. The molecule has 1 aliphatic carbocycles. The Balaban J connectivity index is 1.53. The molecule has 2 heterocycles. The molecule has 0 unspecified atom stereocenters. The molecular formula is C22H27FN4O5S. The van der Waals surface area contributed by atoms with Gasteiger partial charge < -0.3 is 19.6 Å². The van der Waals surface area contributed by atoms with Gasteiger partial charge in [0.1, 0.15) is 12.1 Å². The Hall–Kier alpha value is -2.95. The number of carbonyl (C=O) groups is 1. The van der Waals surface area contributed by atoms with E-state index in [1.54, 1.807) is 0 Å². The molecule has 4 rings (SSSR count). The summed E-state index contributed by atoms with van der Waals surface area (Å²) >= 11 is 0. The second-order valence-corrected chi connectivity index (χ2v) is 10.7. The van der Waals surface area contributed by atoms with Gasteiger partial charge in [-0.3, -0.25) is 0 Å². The molecular weight excluding hydrogens is 451 g/mol. The predicted octanol–water partition coefficient (Wildman–Crippen LogP) is 3.48. The van der Waals surface area contributed by atoms with Gasteiger partial charge in [0.15, 0.2) is 21.4 Å². The van der Waals surface area contributed by atoms with Crippen molar-refractivity contribution in [3.8, 4) is 11.6 Å². The second-order valence-electron chi connectivity index (χ2n) is 8.69. The number of carboxylic acid groups (broad SMARTS) is 1. The third-order valence-corrected chi connectivity index (χ3v) is 7.26. The second kappa shape index (κ2) is 9.12. The van der Waals surface area contributed by atoms with E-state index in [4.69, 9.17) is 4.74 Å². The molecule has 0 atom stereocenters. The van der Waals surface area contributed by atoms with E-state index in [0.29, 0.717) is 30.6 Å². The molecule has 0 spiro atoms. The molecule has 1 saturated carbocycles. The van der Waals surface area contributed by atoms with E-state index in [9.17, 15) is 22.7 Å². The molecule has 1 amide bonds. The number of amides is 1. The van der Waals surface area contributed by atoms with Crippen molar-refractivity contribution < 1.29 is 27.4 Å². The molecule has 1 aromatic heterocycles. The average molecular weight is 479 g/mol. The van der Waals surface area contributed by atoms with Crippen LogP contribution in [0.5, 0.6) is 11.6 Å². The van der Waals surface area contributed by atoms with Gasteiger partial charge >= 0.3 is 6.09 Å². The molecule has 0 radical (unpaired) electrons. The Morgan fingerprint density at radius 3 is 2.52 bits per heavy atom. The highest BCUT2D eigenvalue weighted by Crippen LogP contribution is 2.37. The van der Waals surface area contributed by atoms with Gasteiger partial charge in [0.05, 0.1) is 10.5 Å². The first-order valence-corrected chi connectivity index (χ1v) is 12.8. The number of aromatic nitrogens is 2. The highest BCUT2D eigenvalue weighted by molar-refractivity contribution is 7.90. The number of rotatable bonds is 7. The largest absolute Gasteiger partial charge is 0.465 e. The first-order valence-electron chi connectivity index (χ1n) is 10.9. The molecule has 1 aromatic carbocycles. The average Bonchev–Trinajstić information content (AvgIpc) is 3.60. The van der Waals surface area contributed by atoms with Crippen LogP contribution in [-0.2, 0) is 9.84 Å². The SMILES string of the molecule is Cc1c(Oc2ccc(S(C)(=O)=O)cc2F)ncnc1N(CC1CCN(C(=O)O)CC1)C1CC1. The number of halogens is 1. The van der Waals surface area contributed by atoms with E-state index in [0.717, 1.165) is 50.4 Å². The normalized spacial score (nSPS) is 17.1. The van der Waals surface area contributed by atoms with Crippen molar-refractivity contribution in [3.05, 3.63) is 35.9 Å².